The quantitative estimate of drug-likeness (QED) is 0.257. The number of ketones is 2. The minimum atomic E-state index is -1.62. The SMILES string of the molecule is C=C(C)C1CCC2(C)CC1c1c(O)c3c(c(CC=C(C)C)c1O2)O[C@]12C(=C[C@@H]4C[C@H]1C(C)(C)O[C@@]2(C/C=C(/C)C(=O)O)C4=O)C3=O. The Kier molecular flexibility index (Phi) is 6.53. The second-order valence-corrected chi connectivity index (χ2v) is 15.5. The van der Waals surface area contributed by atoms with E-state index in [-0.39, 0.29) is 58.4 Å². The number of rotatable bonds is 6. The van der Waals surface area contributed by atoms with Crippen molar-refractivity contribution in [2.75, 3.05) is 0 Å². The number of benzene rings is 1. The third-order valence-corrected chi connectivity index (χ3v) is 11.8. The Balaban J connectivity index is 1.52. The molecule has 8 heteroatoms. The van der Waals surface area contributed by atoms with Crippen molar-refractivity contribution in [1.82, 2.24) is 0 Å². The normalized spacial score (nSPS) is 36.1. The second-order valence-electron chi connectivity index (χ2n) is 15.5. The monoisotopic (exact) mass is 628 g/mol. The van der Waals surface area contributed by atoms with E-state index in [9.17, 15) is 24.6 Å². The molecule has 0 amide bonds. The van der Waals surface area contributed by atoms with Gasteiger partial charge in [-0.15, -0.1) is 0 Å². The lowest BCUT2D eigenvalue weighted by Gasteiger charge is -2.56. The van der Waals surface area contributed by atoms with E-state index in [0.717, 1.165) is 24.0 Å². The molecule has 2 N–H and O–H groups in total. The predicted molar refractivity (Wildman–Crippen MR) is 171 cm³/mol. The van der Waals surface area contributed by atoms with E-state index < -0.39 is 34.3 Å². The minimum Gasteiger partial charge on any atom is -0.507 e. The van der Waals surface area contributed by atoms with Gasteiger partial charge in [0, 0.05) is 46.4 Å². The van der Waals surface area contributed by atoms with E-state index in [1.165, 1.54) is 13.0 Å². The minimum absolute atomic E-state index is 0.0580. The molecule has 0 radical (unpaired) electrons. The van der Waals surface area contributed by atoms with Gasteiger partial charge >= 0.3 is 5.97 Å². The number of phenols is 1. The van der Waals surface area contributed by atoms with Gasteiger partial charge in [0.15, 0.2) is 22.8 Å². The van der Waals surface area contributed by atoms with Gasteiger partial charge in [-0.25, -0.2) is 4.79 Å². The van der Waals surface area contributed by atoms with Crippen LogP contribution in [0.2, 0.25) is 0 Å². The van der Waals surface area contributed by atoms with Crippen LogP contribution in [0.15, 0.2) is 47.1 Å². The van der Waals surface area contributed by atoms with Crippen molar-refractivity contribution in [3.8, 4) is 17.2 Å². The van der Waals surface area contributed by atoms with Crippen LogP contribution in [0.3, 0.4) is 0 Å². The summed E-state index contributed by atoms with van der Waals surface area (Å²) in [4.78, 5) is 41.1. The summed E-state index contributed by atoms with van der Waals surface area (Å²) in [5.74, 6) is -1.93. The van der Waals surface area contributed by atoms with Crippen LogP contribution in [-0.4, -0.2) is 50.2 Å². The van der Waals surface area contributed by atoms with Crippen molar-refractivity contribution in [1.29, 1.82) is 0 Å². The van der Waals surface area contributed by atoms with E-state index in [2.05, 4.69) is 19.6 Å². The molecule has 7 aliphatic rings. The average molecular weight is 629 g/mol. The molecule has 1 saturated heterocycles. The van der Waals surface area contributed by atoms with Crippen LogP contribution in [0.1, 0.15) is 108 Å². The largest absolute Gasteiger partial charge is 0.507 e. The number of carboxylic acid groups (broad SMARTS) is 1. The van der Waals surface area contributed by atoms with Crippen LogP contribution < -0.4 is 9.47 Å². The zero-order valence-corrected chi connectivity index (χ0v) is 27.8. The standard InChI is InChI=1S/C38H44O8/c1-18(2)9-10-23-31-27(24-17-36(8,44-31)13-12-22(24)19(3)4)30(40)28-29(39)25-15-21-16-26-35(6,7)46-37(33(21)41,14-11-20(5)34(42)43)38(25,26)45-32(23)28/h9,11,15,21-22,24,26,40H,3,10,12-14,16-17H2,1-2,4-8H3,(H,42,43)/b20-11-/t21-,22?,24?,26+,36?,37+,38-/m1/s1. The lowest BCUT2D eigenvalue weighted by Crippen LogP contribution is -2.72. The fourth-order valence-electron chi connectivity index (χ4n) is 9.66. The summed E-state index contributed by atoms with van der Waals surface area (Å²) < 4.78 is 20.8. The van der Waals surface area contributed by atoms with Crippen molar-refractivity contribution in [3.05, 3.63) is 63.8 Å². The van der Waals surface area contributed by atoms with Gasteiger partial charge < -0.3 is 24.4 Å². The summed E-state index contributed by atoms with van der Waals surface area (Å²) in [5, 5.41) is 21.8. The Hall–Kier alpha value is -3.65. The van der Waals surface area contributed by atoms with Crippen molar-refractivity contribution >= 4 is 17.5 Å². The molecule has 7 atom stereocenters. The summed E-state index contributed by atoms with van der Waals surface area (Å²) in [6.07, 6.45) is 8.47. The number of aliphatic carboxylic acids is 1. The first-order chi connectivity index (χ1) is 21.5. The number of carbonyl (C=O) groups is 3. The summed E-state index contributed by atoms with van der Waals surface area (Å²) >= 11 is 0. The maximum atomic E-state index is 15.0. The first-order valence-corrected chi connectivity index (χ1v) is 16.5. The van der Waals surface area contributed by atoms with Crippen molar-refractivity contribution in [2.24, 2.45) is 17.8 Å². The average Bonchev–Trinajstić information content (AvgIpc) is 3.11. The molecule has 3 heterocycles. The molecule has 46 heavy (non-hydrogen) atoms. The number of allylic oxidation sites excluding steroid dienone is 4. The molecule has 244 valence electrons. The molecule has 8 nitrogen and oxygen atoms in total. The highest BCUT2D eigenvalue weighted by molar-refractivity contribution is 6.18. The number of carboxylic acids is 1. The first kappa shape index (κ1) is 31.0. The third-order valence-electron chi connectivity index (χ3n) is 11.8. The lowest BCUT2D eigenvalue weighted by atomic mass is 9.51. The summed E-state index contributed by atoms with van der Waals surface area (Å²) in [5.41, 5.74) is -0.519. The van der Waals surface area contributed by atoms with E-state index in [1.54, 1.807) is 6.08 Å². The van der Waals surface area contributed by atoms with Crippen LogP contribution in [-0.2, 0) is 20.7 Å². The van der Waals surface area contributed by atoms with Gasteiger partial charge in [0.25, 0.3) is 0 Å². The number of hydrogen-bond acceptors (Lipinski definition) is 7. The Morgan fingerprint density at radius 3 is 2.46 bits per heavy atom. The fourth-order valence-corrected chi connectivity index (χ4v) is 9.66. The van der Waals surface area contributed by atoms with Crippen molar-refractivity contribution in [3.63, 3.8) is 0 Å². The molecule has 3 aliphatic heterocycles. The van der Waals surface area contributed by atoms with Crippen LogP contribution >= 0.6 is 0 Å². The van der Waals surface area contributed by atoms with Crippen molar-refractivity contribution in [2.45, 2.75) is 115 Å². The number of carbonyl (C=O) groups excluding carboxylic acids is 2. The molecule has 8 rings (SSSR count). The number of fused-ring (bicyclic) bond motifs is 5. The number of hydrogen-bond donors (Lipinski definition) is 2. The molecule has 1 aromatic rings. The summed E-state index contributed by atoms with van der Waals surface area (Å²) in [6.45, 7) is 17.7. The maximum Gasteiger partial charge on any atom is 0.330 e. The van der Waals surface area contributed by atoms with Gasteiger partial charge in [-0.2, -0.15) is 0 Å². The summed E-state index contributed by atoms with van der Waals surface area (Å²) in [6, 6.07) is 0. The van der Waals surface area contributed by atoms with Gasteiger partial charge in [0.1, 0.15) is 28.4 Å². The van der Waals surface area contributed by atoms with Crippen LogP contribution in [0.4, 0.5) is 0 Å². The molecule has 1 aromatic carbocycles. The number of ether oxygens (including phenoxy) is 3. The highest BCUT2D eigenvalue weighted by atomic mass is 16.6. The van der Waals surface area contributed by atoms with Gasteiger partial charge in [-0.3, -0.25) is 9.59 Å². The number of aromatic hydroxyl groups is 1. The molecule has 4 aliphatic carbocycles. The molecule has 2 saturated carbocycles. The molecular weight excluding hydrogens is 584 g/mol. The van der Waals surface area contributed by atoms with Gasteiger partial charge in [-0.1, -0.05) is 36.0 Å². The Morgan fingerprint density at radius 2 is 1.80 bits per heavy atom. The van der Waals surface area contributed by atoms with E-state index in [1.807, 2.05) is 34.6 Å². The first-order valence-electron chi connectivity index (χ1n) is 16.5. The van der Waals surface area contributed by atoms with Gasteiger partial charge in [0.05, 0.1) is 5.60 Å². The summed E-state index contributed by atoms with van der Waals surface area (Å²) in [7, 11) is 0. The van der Waals surface area contributed by atoms with Crippen LogP contribution in [0, 0.1) is 17.8 Å². The Labute approximate surface area is 270 Å². The van der Waals surface area contributed by atoms with Crippen LogP contribution in [0.5, 0.6) is 17.2 Å². The molecule has 0 aromatic heterocycles. The fraction of sp³-hybridized carbons (Fsp3) is 0.553. The molecule has 6 bridgehead atoms. The van der Waals surface area contributed by atoms with Crippen molar-refractivity contribution < 1.29 is 38.8 Å². The molecular formula is C38H44O8. The Morgan fingerprint density at radius 1 is 1.09 bits per heavy atom. The smallest absolute Gasteiger partial charge is 0.330 e. The third kappa shape index (κ3) is 3.85. The molecule has 3 unspecified atom stereocenters. The maximum absolute atomic E-state index is 15.0. The van der Waals surface area contributed by atoms with Gasteiger partial charge in [0.2, 0.25) is 0 Å². The lowest BCUT2D eigenvalue weighted by molar-refractivity contribution is -0.171. The highest BCUT2D eigenvalue weighted by Gasteiger charge is 2.81. The predicted octanol–water partition coefficient (Wildman–Crippen LogP) is 6.94. The number of phenolic OH excluding ortho intramolecular Hbond substituents is 1. The molecule has 1 spiro atoms. The van der Waals surface area contributed by atoms with E-state index in [0.29, 0.717) is 41.7 Å². The van der Waals surface area contributed by atoms with E-state index >= 15 is 0 Å². The highest BCUT2D eigenvalue weighted by Crippen LogP contribution is 2.69. The zero-order chi connectivity index (χ0) is 33.3. The second kappa shape index (κ2) is 9.69. The van der Waals surface area contributed by atoms with Gasteiger partial charge in [-0.05, 0) is 86.5 Å². The zero-order valence-electron chi connectivity index (χ0n) is 27.8. The topological polar surface area (TPSA) is 119 Å². The number of Topliss-reactive ketones (excluding diaryl/α,β-unsaturated/α-hetero) is 2. The molecule has 3 fully saturated rings. The van der Waals surface area contributed by atoms with E-state index in [4.69, 9.17) is 14.2 Å². The van der Waals surface area contributed by atoms with Crippen LogP contribution in [0.25, 0.3) is 0 Å². The Bertz CT molecular complexity index is 1740.